The van der Waals surface area contributed by atoms with Crippen molar-refractivity contribution in [3.8, 4) is 0 Å². The van der Waals surface area contributed by atoms with E-state index in [1.54, 1.807) is 0 Å². The Morgan fingerprint density at radius 3 is 2.70 bits per heavy atom. The molecule has 1 amide bonds. The van der Waals surface area contributed by atoms with Gasteiger partial charge in [-0.2, -0.15) is 0 Å². The van der Waals surface area contributed by atoms with Crippen LogP contribution in [0.25, 0.3) is 0 Å². The highest BCUT2D eigenvalue weighted by Crippen LogP contribution is 2.23. The van der Waals surface area contributed by atoms with Gasteiger partial charge in [-0.1, -0.05) is 24.3 Å². The van der Waals surface area contributed by atoms with Gasteiger partial charge in [0.05, 0.1) is 6.04 Å². The van der Waals surface area contributed by atoms with Crippen LogP contribution in [-0.4, -0.2) is 54.0 Å². The molecule has 2 fully saturated rings. The van der Waals surface area contributed by atoms with E-state index in [0.29, 0.717) is 11.9 Å². The quantitative estimate of drug-likeness (QED) is 0.832. The standard InChI is InChI=1S/C17H23N3O.2ClH/c21-17(20-9-8-19-7-3-6-15(19)12-20)16-10-13-4-1-2-5-14(13)11-18-16;;/h1-2,4-5,15-16,18H,3,6-12H2;2*1H. The molecule has 1 N–H and O–H groups in total. The molecule has 4 nitrogen and oxygen atoms in total. The van der Waals surface area contributed by atoms with Crippen LogP contribution in [0.5, 0.6) is 0 Å². The second kappa shape index (κ2) is 7.84. The molecule has 3 heterocycles. The molecule has 2 atom stereocenters. The summed E-state index contributed by atoms with van der Waals surface area (Å²) < 4.78 is 0. The second-order valence-corrected chi connectivity index (χ2v) is 6.52. The van der Waals surface area contributed by atoms with Crippen molar-refractivity contribution in [3.63, 3.8) is 0 Å². The van der Waals surface area contributed by atoms with Crippen molar-refractivity contribution in [2.45, 2.75) is 37.9 Å². The number of halogens is 2. The molecule has 1 aromatic carbocycles. The SMILES string of the molecule is Cl.Cl.O=C(C1Cc2ccccc2CN1)N1CCN2CCCC2C1. The van der Waals surface area contributed by atoms with Crippen molar-refractivity contribution in [1.82, 2.24) is 15.1 Å². The van der Waals surface area contributed by atoms with Gasteiger partial charge in [0.25, 0.3) is 0 Å². The monoisotopic (exact) mass is 357 g/mol. The Labute approximate surface area is 150 Å². The van der Waals surface area contributed by atoms with Gasteiger partial charge in [0.15, 0.2) is 0 Å². The summed E-state index contributed by atoms with van der Waals surface area (Å²) in [6.07, 6.45) is 3.38. The topological polar surface area (TPSA) is 35.6 Å². The highest BCUT2D eigenvalue weighted by Gasteiger charge is 2.35. The van der Waals surface area contributed by atoms with Crippen LogP contribution in [0.1, 0.15) is 24.0 Å². The number of nitrogens with one attached hydrogen (secondary N) is 1. The molecule has 0 bridgehead atoms. The summed E-state index contributed by atoms with van der Waals surface area (Å²) in [5.74, 6) is 0.302. The second-order valence-electron chi connectivity index (χ2n) is 6.52. The third kappa shape index (κ3) is 3.66. The molecule has 0 spiro atoms. The van der Waals surface area contributed by atoms with E-state index < -0.39 is 0 Å². The lowest BCUT2D eigenvalue weighted by molar-refractivity contribution is -0.136. The first-order chi connectivity index (χ1) is 10.3. The molecule has 23 heavy (non-hydrogen) atoms. The van der Waals surface area contributed by atoms with Crippen LogP contribution in [0.15, 0.2) is 24.3 Å². The minimum absolute atomic E-state index is 0. The predicted octanol–water partition coefficient (Wildman–Crippen LogP) is 1.85. The van der Waals surface area contributed by atoms with Crippen LogP contribution < -0.4 is 5.32 Å². The number of carbonyl (C=O) groups excluding carboxylic acids is 1. The first kappa shape index (κ1) is 18.5. The van der Waals surface area contributed by atoms with E-state index >= 15 is 0 Å². The van der Waals surface area contributed by atoms with Gasteiger partial charge >= 0.3 is 0 Å². The van der Waals surface area contributed by atoms with E-state index in [0.717, 1.165) is 32.6 Å². The zero-order chi connectivity index (χ0) is 14.2. The maximum atomic E-state index is 12.8. The fourth-order valence-electron chi connectivity index (χ4n) is 4.04. The van der Waals surface area contributed by atoms with Gasteiger partial charge in [0.2, 0.25) is 5.91 Å². The van der Waals surface area contributed by atoms with Crippen molar-refractivity contribution in [1.29, 1.82) is 0 Å². The molecule has 6 heteroatoms. The number of fused-ring (bicyclic) bond motifs is 2. The largest absolute Gasteiger partial charge is 0.338 e. The van der Waals surface area contributed by atoms with E-state index in [2.05, 4.69) is 39.4 Å². The van der Waals surface area contributed by atoms with Gasteiger partial charge in [-0.25, -0.2) is 0 Å². The van der Waals surface area contributed by atoms with Gasteiger partial charge in [0, 0.05) is 32.2 Å². The Hall–Kier alpha value is -0.810. The molecule has 1 aromatic rings. The van der Waals surface area contributed by atoms with Crippen LogP contribution >= 0.6 is 24.8 Å². The third-order valence-electron chi connectivity index (χ3n) is 5.28. The van der Waals surface area contributed by atoms with Gasteiger partial charge in [0.1, 0.15) is 0 Å². The third-order valence-corrected chi connectivity index (χ3v) is 5.28. The van der Waals surface area contributed by atoms with Crippen molar-refractivity contribution >= 4 is 30.7 Å². The number of nitrogens with zero attached hydrogens (tertiary/aromatic N) is 2. The van der Waals surface area contributed by atoms with Crippen LogP contribution in [0, 0.1) is 0 Å². The van der Waals surface area contributed by atoms with E-state index in [1.165, 1.54) is 30.5 Å². The van der Waals surface area contributed by atoms with Crippen LogP contribution in [0.3, 0.4) is 0 Å². The van der Waals surface area contributed by atoms with Crippen molar-refractivity contribution in [2.24, 2.45) is 0 Å². The predicted molar refractivity (Wildman–Crippen MR) is 96.4 cm³/mol. The van der Waals surface area contributed by atoms with Gasteiger partial charge in [-0.3, -0.25) is 9.69 Å². The molecule has 3 aliphatic heterocycles. The molecule has 2 saturated heterocycles. The molecule has 2 unspecified atom stereocenters. The van der Waals surface area contributed by atoms with Gasteiger partial charge in [-0.15, -0.1) is 24.8 Å². The summed E-state index contributed by atoms with van der Waals surface area (Å²) in [6, 6.07) is 9.03. The van der Waals surface area contributed by atoms with Gasteiger partial charge < -0.3 is 10.2 Å². The molecule has 0 aromatic heterocycles. The minimum atomic E-state index is -0.0344. The fraction of sp³-hybridized carbons (Fsp3) is 0.588. The summed E-state index contributed by atoms with van der Waals surface area (Å²) in [6.45, 7) is 4.92. The number of benzene rings is 1. The van der Waals surface area contributed by atoms with Gasteiger partial charge in [-0.05, 0) is 36.9 Å². The fourth-order valence-corrected chi connectivity index (χ4v) is 4.04. The zero-order valence-corrected chi connectivity index (χ0v) is 14.9. The summed E-state index contributed by atoms with van der Waals surface area (Å²) in [5.41, 5.74) is 2.66. The van der Waals surface area contributed by atoms with Crippen LogP contribution in [0.2, 0.25) is 0 Å². The Kier molecular flexibility index (Phi) is 6.32. The average molecular weight is 358 g/mol. The number of rotatable bonds is 1. The molecule has 0 radical (unpaired) electrons. The lowest BCUT2D eigenvalue weighted by Crippen LogP contribution is -2.57. The molecule has 4 rings (SSSR count). The van der Waals surface area contributed by atoms with E-state index in [9.17, 15) is 4.79 Å². The summed E-state index contributed by atoms with van der Waals surface area (Å²) in [4.78, 5) is 17.4. The van der Waals surface area contributed by atoms with Crippen molar-refractivity contribution in [2.75, 3.05) is 26.2 Å². The van der Waals surface area contributed by atoms with Crippen molar-refractivity contribution in [3.05, 3.63) is 35.4 Å². The number of hydrogen-bond acceptors (Lipinski definition) is 3. The Bertz CT molecular complexity index is 554. The summed E-state index contributed by atoms with van der Waals surface area (Å²) in [5, 5.41) is 3.43. The average Bonchev–Trinajstić information content (AvgIpc) is 3.01. The molecular formula is C17H25Cl2N3O. The first-order valence-corrected chi connectivity index (χ1v) is 8.14. The molecular weight excluding hydrogens is 333 g/mol. The smallest absolute Gasteiger partial charge is 0.240 e. The number of hydrogen-bond donors (Lipinski definition) is 1. The van der Waals surface area contributed by atoms with Crippen molar-refractivity contribution < 1.29 is 4.79 Å². The van der Waals surface area contributed by atoms with Crippen LogP contribution in [0.4, 0.5) is 0 Å². The number of carbonyl (C=O) groups is 1. The molecule has 0 saturated carbocycles. The Morgan fingerprint density at radius 2 is 1.87 bits per heavy atom. The molecule has 3 aliphatic rings. The molecule has 0 aliphatic carbocycles. The maximum absolute atomic E-state index is 12.8. The number of amides is 1. The van der Waals surface area contributed by atoms with E-state index in [4.69, 9.17) is 0 Å². The maximum Gasteiger partial charge on any atom is 0.240 e. The van der Waals surface area contributed by atoms with E-state index in [-0.39, 0.29) is 30.9 Å². The highest BCUT2D eigenvalue weighted by molar-refractivity contribution is 5.85. The van der Waals surface area contributed by atoms with E-state index in [1.807, 2.05) is 0 Å². The minimum Gasteiger partial charge on any atom is -0.338 e. The normalized spacial score (nSPS) is 26.5. The summed E-state index contributed by atoms with van der Waals surface area (Å²) in [7, 11) is 0. The molecule has 128 valence electrons. The highest BCUT2D eigenvalue weighted by atomic mass is 35.5. The first-order valence-electron chi connectivity index (χ1n) is 8.14. The lowest BCUT2D eigenvalue weighted by Gasteiger charge is -2.39. The van der Waals surface area contributed by atoms with Crippen LogP contribution in [-0.2, 0) is 17.8 Å². The number of piperazine rings is 1. The Balaban J connectivity index is 0.000000960. The Morgan fingerprint density at radius 1 is 1.09 bits per heavy atom. The summed E-state index contributed by atoms with van der Waals surface area (Å²) >= 11 is 0. The lowest BCUT2D eigenvalue weighted by atomic mass is 9.95. The zero-order valence-electron chi connectivity index (χ0n) is 13.2.